The molecule has 5 heteroatoms. The summed E-state index contributed by atoms with van der Waals surface area (Å²) >= 11 is 5.84. The van der Waals surface area contributed by atoms with Crippen LogP contribution in [0.4, 0.5) is 0 Å². The van der Waals surface area contributed by atoms with Crippen molar-refractivity contribution in [2.24, 2.45) is 5.92 Å². The molecule has 0 spiro atoms. The lowest BCUT2D eigenvalue weighted by Crippen LogP contribution is -2.30. The first-order chi connectivity index (χ1) is 8.24. The highest BCUT2D eigenvalue weighted by Gasteiger charge is 2.13. The number of piperidine rings is 1. The van der Waals surface area contributed by atoms with E-state index in [-0.39, 0.29) is 0 Å². The van der Waals surface area contributed by atoms with Gasteiger partial charge >= 0.3 is 6.01 Å². The van der Waals surface area contributed by atoms with Gasteiger partial charge in [-0.2, -0.15) is 4.98 Å². The van der Waals surface area contributed by atoms with Crippen LogP contribution in [-0.4, -0.2) is 29.7 Å². The maximum atomic E-state index is 5.84. The molecule has 0 bridgehead atoms. The van der Waals surface area contributed by atoms with E-state index in [0.717, 1.165) is 25.2 Å². The van der Waals surface area contributed by atoms with Crippen LogP contribution in [0.5, 0.6) is 6.01 Å². The second-order valence-electron chi connectivity index (χ2n) is 4.46. The van der Waals surface area contributed by atoms with E-state index in [0.29, 0.717) is 23.7 Å². The van der Waals surface area contributed by atoms with Crippen LogP contribution in [0.25, 0.3) is 0 Å². The van der Waals surface area contributed by atoms with Crippen molar-refractivity contribution < 1.29 is 4.74 Å². The van der Waals surface area contributed by atoms with Crippen molar-refractivity contribution in [3.63, 3.8) is 0 Å². The second-order valence-corrected chi connectivity index (χ2v) is 4.85. The molecule has 0 amide bonds. The summed E-state index contributed by atoms with van der Waals surface area (Å²) in [5.74, 6) is 0.712. The van der Waals surface area contributed by atoms with E-state index in [1.54, 1.807) is 6.07 Å². The third-order valence-electron chi connectivity index (χ3n) is 2.96. The predicted octanol–water partition coefficient (Wildman–Crippen LogP) is 2.21. The zero-order chi connectivity index (χ0) is 12.1. The molecule has 1 aromatic rings. The Kier molecular flexibility index (Phi) is 4.57. The molecule has 2 heterocycles. The lowest BCUT2D eigenvalue weighted by Gasteiger charge is -2.22. The summed E-state index contributed by atoms with van der Waals surface area (Å²) in [4.78, 5) is 8.22. The van der Waals surface area contributed by atoms with Gasteiger partial charge in [0, 0.05) is 5.69 Å². The fourth-order valence-electron chi connectivity index (χ4n) is 2.06. The Hall–Kier alpha value is -0.870. The molecule has 0 saturated carbocycles. The number of hydrogen-bond acceptors (Lipinski definition) is 4. The first-order valence-corrected chi connectivity index (χ1v) is 6.46. The standard InChI is InChI=1S/C12H18ClN3O/c1-9-7-11(13)16-12(15-9)17-6-4-10-3-2-5-14-8-10/h7,10,14H,2-6,8H2,1H3/t10-/m0/s1. The third-order valence-corrected chi connectivity index (χ3v) is 3.15. The minimum Gasteiger partial charge on any atom is -0.463 e. The van der Waals surface area contributed by atoms with E-state index in [2.05, 4.69) is 15.3 Å². The average Bonchev–Trinajstić information content (AvgIpc) is 2.29. The van der Waals surface area contributed by atoms with Gasteiger partial charge in [0.15, 0.2) is 0 Å². The molecule has 0 aromatic carbocycles. The van der Waals surface area contributed by atoms with E-state index in [1.165, 1.54) is 12.8 Å². The van der Waals surface area contributed by atoms with Crippen molar-refractivity contribution in [2.45, 2.75) is 26.2 Å². The van der Waals surface area contributed by atoms with Gasteiger partial charge in [0.2, 0.25) is 0 Å². The molecule has 0 aliphatic carbocycles. The zero-order valence-electron chi connectivity index (χ0n) is 10.1. The van der Waals surface area contributed by atoms with Crippen LogP contribution in [-0.2, 0) is 0 Å². The molecule has 1 aliphatic heterocycles. The Labute approximate surface area is 107 Å². The number of aryl methyl sites for hydroxylation is 1. The van der Waals surface area contributed by atoms with Gasteiger partial charge in [-0.05, 0) is 51.3 Å². The van der Waals surface area contributed by atoms with Crippen molar-refractivity contribution in [2.75, 3.05) is 19.7 Å². The maximum absolute atomic E-state index is 5.84. The average molecular weight is 256 g/mol. The molecular formula is C12H18ClN3O. The molecule has 1 atom stereocenters. The normalized spacial score (nSPS) is 20.2. The quantitative estimate of drug-likeness (QED) is 0.838. The van der Waals surface area contributed by atoms with E-state index >= 15 is 0 Å². The molecule has 1 fully saturated rings. The number of rotatable bonds is 4. The molecule has 17 heavy (non-hydrogen) atoms. The predicted molar refractivity (Wildman–Crippen MR) is 67.5 cm³/mol. The molecule has 1 aromatic heterocycles. The van der Waals surface area contributed by atoms with Crippen molar-refractivity contribution in [3.8, 4) is 6.01 Å². The fourth-order valence-corrected chi connectivity index (χ4v) is 2.29. The Morgan fingerprint density at radius 1 is 1.53 bits per heavy atom. The van der Waals surface area contributed by atoms with Gasteiger partial charge < -0.3 is 10.1 Å². The SMILES string of the molecule is Cc1cc(Cl)nc(OCC[C@@H]2CCCNC2)n1. The number of ether oxygens (including phenoxy) is 1. The molecule has 4 nitrogen and oxygen atoms in total. The number of nitrogens with zero attached hydrogens (tertiary/aromatic N) is 2. The third kappa shape index (κ3) is 4.13. The maximum Gasteiger partial charge on any atom is 0.318 e. The summed E-state index contributed by atoms with van der Waals surface area (Å²) < 4.78 is 5.54. The van der Waals surface area contributed by atoms with Gasteiger partial charge in [-0.15, -0.1) is 0 Å². The van der Waals surface area contributed by atoms with Crippen LogP contribution in [0, 0.1) is 12.8 Å². The summed E-state index contributed by atoms with van der Waals surface area (Å²) in [7, 11) is 0. The molecule has 1 aliphatic rings. The lowest BCUT2D eigenvalue weighted by atomic mass is 9.97. The highest BCUT2D eigenvalue weighted by Crippen LogP contribution is 2.15. The summed E-state index contributed by atoms with van der Waals surface area (Å²) in [5, 5.41) is 3.83. The van der Waals surface area contributed by atoms with Crippen LogP contribution in [0.2, 0.25) is 5.15 Å². The number of hydrogen-bond donors (Lipinski definition) is 1. The van der Waals surface area contributed by atoms with Crippen LogP contribution < -0.4 is 10.1 Å². The van der Waals surface area contributed by atoms with Crippen molar-refractivity contribution >= 4 is 11.6 Å². The van der Waals surface area contributed by atoms with Gasteiger partial charge in [0.25, 0.3) is 0 Å². The Morgan fingerprint density at radius 2 is 2.41 bits per heavy atom. The van der Waals surface area contributed by atoms with Crippen LogP contribution >= 0.6 is 11.6 Å². The zero-order valence-corrected chi connectivity index (χ0v) is 10.8. The Bertz CT molecular complexity index is 347. The smallest absolute Gasteiger partial charge is 0.318 e. The topological polar surface area (TPSA) is 47.0 Å². The van der Waals surface area contributed by atoms with Crippen molar-refractivity contribution in [1.29, 1.82) is 0 Å². The first-order valence-electron chi connectivity index (χ1n) is 6.09. The number of aromatic nitrogens is 2. The largest absolute Gasteiger partial charge is 0.463 e. The summed E-state index contributed by atoms with van der Waals surface area (Å²) in [5.41, 5.74) is 0.833. The van der Waals surface area contributed by atoms with Gasteiger partial charge in [0.1, 0.15) is 5.15 Å². The highest BCUT2D eigenvalue weighted by molar-refractivity contribution is 6.29. The lowest BCUT2D eigenvalue weighted by molar-refractivity contribution is 0.239. The first kappa shape index (κ1) is 12.6. The van der Waals surface area contributed by atoms with E-state index in [4.69, 9.17) is 16.3 Å². The Balaban J connectivity index is 1.77. The molecule has 0 radical (unpaired) electrons. The molecule has 0 unspecified atom stereocenters. The van der Waals surface area contributed by atoms with Crippen LogP contribution in [0.1, 0.15) is 25.0 Å². The van der Waals surface area contributed by atoms with E-state index in [1.807, 2.05) is 6.92 Å². The monoisotopic (exact) mass is 255 g/mol. The highest BCUT2D eigenvalue weighted by atomic mass is 35.5. The van der Waals surface area contributed by atoms with Gasteiger partial charge in [-0.25, -0.2) is 4.98 Å². The van der Waals surface area contributed by atoms with Crippen LogP contribution in [0.15, 0.2) is 6.07 Å². The second kappa shape index (κ2) is 6.17. The molecule has 2 rings (SSSR count). The molecule has 94 valence electrons. The van der Waals surface area contributed by atoms with Gasteiger partial charge in [0.05, 0.1) is 6.61 Å². The summed E-state index contributed by atoms with van der Waals surface area (Å²) in [6.45, 7) is 4.78. The number of halogens is 1. The van der Waals surface area contributed by atoms with Crippen molar-refractivity contribution in [3.05, 3.63) is 16.9 Å². The van der Waals surface area contributed by atoms with Crippen LogP contribution in [0.3, 0.4) is 0 Å². The minimum absolute atomic E-state index is 0.388. The van der Waals surface area contributed by atoms with E-state index < -0.39 is 0 Å². The van der Waals surface area contributed by atoms with Gasteiger partial charge in [-0.1, -0.05) is 11.6 Å². The summed E-state index contributed by atoms with van der Waals surface area (Å²) in [6.07, 6.45) is 3.59. The molecule has 1 N–H and O–H groups in total. The minimum atomic E-state index is 0.388. The molecular weight excluding hydrogens is 238 g/mol. The van der Waals surface area contributed by atoms with Crippen molar-refractivity contribution in [1.82, 2.24) is 15.3 Å². The molecule has 1 saturated heterocycles. The van der Waals surface area contributed by atoms with E-state index in [9.17, 15) is 0 Å². The van der Waals surface area contributed by atoms with Gasteiger partial charge in [-0.3, -0.25) is 0 Å². The Morgan fingerprint density at radius 3 is 3.12 bits per heavy atom. The summed E-state index contributed by atoms with van der Waals surface area (Å²) in [6, 6.07) is 2.11. The fraction of sp³-hybridized carbons (Fsp3) is 0.667. The number of nitrogens with one attached hydrogen (secondary N) is 1.